The van der Waals surface area contributed by atoms with E-state index in [-0.39, 0.29) is 6.04 Å². The van der Waals surface area contributed by atoms with Gasteiger partial charge in [0.15, 0.2) is 5.22 Å². The minimum absolute atomic E-state index is 0.197. The van der Waals surface area contributed by atoms with Crippen LogP contribution in [0.4, 0.5) is 0 Å². The molecule has 1 heterocycles. The second-order valence-corrected chi connectivity index (χ2v) is 4.73. The van der Waals surface area contributed by atoms with Crippen LogP contribution in [0.25, 0.3) is 0 Å². The summed E-state index contributed by atoms with van der Waals surface area (Å²) in [7, 11) is 0. The summed E-state index contributed by atoms with van der Waals surface area (Å²) < 4.78 is 5.19. The molecular formula is C15H18ClNO. The Bertz CT molecular complexity index is 507. The summed E-state index contributed by atoms with van der Waals surface area (Å²) >= 11 is 6.07. The zero-order chi connectivity index (χ0) is 13.0. The van der Waals surface area contributed by atoms with E-state index < -0.39 is 0 Å². The van der Waals surface area contributed by atoms with Crippen molar-refractivity contribution in [2.75, 3.05) is 6.54 Å². The maximum absolute atomic E-state index is 6.07. The van der Waals surface area contributed by atoms with E-state index in [9.17, 15) is 0 Å². The Balaban J connectivity index is 2.22. The summed E-state index contributed by atoms with van der Waals surface area (Å²) in [6, 6.07) is 10.6. The Morgan fingerprint density at radius 3 is 2.67 bits per heavy atom. The molecule has 0 radical (unpaired) electrons. The first-order valence-corrected chi connectivity index (χ1v) is 6.61. The standard InChI is InChI=1S/C15H18ClNO/c1-3-17-14(13-8-9-18-15(13)16)10-12-7-5-4-6-11(12)2/h4-9,14,17H,3,10H2,1-2H3. The predicted molar refractivity (Wildman–Crippen MR) is 75.0 cm³/mol. The van der Waals surface area contributed by atoms with Gasteiger partial charge in [-0.25, -0.2) is 0 Å². The van der Waals surface area contributed by atoms with Gasteiger partial charge in [-0.05, 0) is 48.7 Å². The molecule has 0 amide bonds. The van der Waals surface area contributed by atoms with Gasteiger partial charge in [0.1, 0.15) is 0 Å². The topological polar surface area (TPSA) is 25.2 Å². The van der Waals surface area contributed by atoms with Gasteiger partial charge in [-0.2, -0.15) is 0 Å². The fourth-order valence-corrected chi connectivity index (χ4v) is 2.40. The van der Waals surface area contributed by atoms with Gasteiger partial charge in [-0.15, -0.1) is 0 Å². The summed E-state index contributed by atoms with van der Waals surface area (Å²) in [5, 5.41) is 3.94. The molecule has 1 unspecified atom stereocenters. The number of nitrogens with one attached hydrogen (secondary N) is 1. The molecule has 0 aliphatic rings. The smallest absolute Gasteiger partial charge is 0.197 e. The lowest BCUT2D eigenvalue weighted by atomic mass is 9.98. The lowest BCUT2D eigenvalue weighted by Gasteiger charge is -2.18. The van der Waals surface area contributed by atoms with Crippen molar-refractivity contribution in [1.82, 2.24) is 5.32 Å². The number of halogens is 1. The van der Waals surface area contributed by atoms with Gasteiger partial charge in [0.05, 0.1) is 6.26 Å². The molecule has 2 nitrogen and oxygen atoms in total. The third kappa shape index (κ3) is 2.95. The van der Waals surface area contributed by atoms with Crippen LogP contribution in [0.3, 0.4) is 0 Å². The van der Waals surface area contributed by atoms with Crippen LogP contribution in [-0.4, -0.2) is 6.54 Å². The minimum Gasteiger partial charge on any atom is -0.453 e. The van der Waals surface area contributed by atoms with E-state index >= 15 is 0 Å². The van der Waals surface area contributed by atoms with Crippen molar-refractivity contribution in [3.8, 4) is 0 Å². The largest absolute Gasteiger partial charge is 0.453 e. The first kappa shape index (κ1) is 13.2. The van der Waals surface area contributed by atoms with Crippen LogP contribution in [0.2, 0.25) is 5.22 Å². The van der Waals surface area contributed by atoms with E-state index in [4.69, 9.17) is 16.0 Å². The number of rotatable bonds is 5. The van der Waals surface area contributed by atoms with Crippen LogP contribution >= 0.6 is 11.6 Å². The summed E-state index contributed by atoms with van der Waals surface area (Å²) in [4.78, 5) is 0. The number of likely N-dealkylation sites (N-methyl/N-ethyl adjacent to an activating group) is 1. The van der Waals surface area contributed by atoms with Crippen molar-refractivity contribution in [3.63, 3.8) is 0 Å². The normalized spacial score (nSPS) is 12.6. The molecule has 0 aliphatic carbocycles. The molecule has 1 N–H and O–H groups in total. The van der Waals surface area contributed by atoms with E-state index in [2.05, 4.69) is 43.4 Å². The van der Waals surface area contributed by atoms with Crippen molar-refractivity contribution in [1.29, 1.82) is 0 Å². The highest BCUT2D eigenvalue weighted by atomic mass is 35.5. The Morgan fingerprint density at radius 2 is 2.06 bits per heavy atom. The first-order valence-electron chi connectivity index (χ1n) is 6.23. The highest BCUT2D eigenvalue weighted by Crippen LogP contribution is 2.27. The second-order valence-electron chi connectivity index (χ2n) is 4.39. The average molecular weight is 264 g/mol. The number of hydrogen-bond donors (Lipinski definition) is 1. The van der Waals surface area contributed by atoms with E-state index in [1.54, 1.807) is 6.26 Å². The van der Waals surface area contributed by atoms with Crippen molar-refractivity contribution >= 4 is 11.6 Å². The van der Waals surface area contributed by atoms with Gasteiger partial charge in [0.25, 0.3) is 0 Å². The summed E-state index contributed by atoms with van der Waals surface area (Å²) in [6.45, 7) is 5.13. The minimum atomic E-state index is 0.197. The van der Waals surface area contributed by atoms with Crippen LogP contribution in [0.5, 0.6) is 0 Å². The van der Waals surface area contributed by atoms with Crippen LogP contribution in [-0.2, 0) is 6.42 Å². The molecule has 96 valence electrons. The summed E-state index contributed by atoms with van der Waals surface area (Å²) in [5.74, 6) is 0. The molecule has 1 atom stereocenters. The van der Waals surface area contributed by atoms with Crippen LogP contribution in [0, 0.1) is 6.92 Å². The van der Waals surface area contributed by atoms with E-state index in [0.29, 0.717) is 5.22 Å². The zero-order valence-corrected chi connectivity index (χ0v) is 11.5. The Hall–Kier alpha value is -1.25. The quantitative estimate of drug-likeness (QED) is 0.877. The lowest BCUT2D eigenvalue weighted by molar-refractivity contribution is 0.525. The first-order chi connectivity index (χ1) is 8.72. The van der Waals surface area contributed by atoms with Gasteiger partial charge in [0, 0.05) is 11.6 Å². The highest BCUT2D eigenvalue weighted by Gasteiger charge is 2.17. The van der Waals surface area contributed by atoms with E-state index in [0.717, 1.165) is 18.5 Å². The second kappa shape index (κ2) is 6.07. The van der Waals surface area contributed by atoms with Gasteiger partial charge in [-0.3, -0.25) is 0 Å². The molecule has 18 heavy (non-hydrogen) atoms. The SMILES string of the molecule is CCNC(Cc1ccccc1C)c1ccoc1Cl. The monoisotopic (exact) mass is 263 g/mol. The predicted octanol–water partition coefficient (Wildman–Crippen LogP) is 4.13. The Labute approximate surface area is 113 Å². The molecule has 0 spiro atoms. The fraction of sp³-hybridized carbons (Fsp3) is 0.333. The maximum atomic E-state index is 6.07. The summed E-state index contributed by atoms with van der Waals surface area (Å²) in [5.41, 5.74) is 3.67. The average Bonchev–Trinajstić information content (AvgIpc) is 2.78. The highest BCUT2D eigenvalue weighted by molar-refractivity contribution is 6.29. The molecule has 1 aromatic carbocycles. The Morgan fingerprint density at radius 1 is 1.28 bits per heavy atom. The third-order valence-corrected chi connectivity index (χ3v) is 3.46. The van der Waals surface area contributed by atoms with E-state index in [1.807, 2.05) is 6.07 Å². The summed E-state index contributed by atoms with van der Waals surface area (Å²) in [6.07, 6.45) is 2.56. The molecule has 0 saturated heterocycles. The van der Waals surface area contributed by atoms with Crippen molar-refractivity contribution < 1.29 is 4.42 Å². The molecule has 3 heteroatoms. The number of hydrogen-bond acceptors (Lipinski definition) is 2. The van der Waals surface area contributed by atoms with Crippen LogP contribution < -0.4 is 5.32 Å². The number of benzene rings is 1. The van der Waals surface area contributed by atoms with Crippen LogP contribution in [0.15, 0.2) is 41.0 Å². The van der Waals surface area contributed by atoms with Crippen LogP contribution in [0.1, 0.15) is 29.7 Å². The third-order valence-electron chi connectivity index (χ3n) is 3.16. The molecule has 1 aromatic heterocycles. The molecule has 2 rings (SSSR count). The number of furan rings is 1. The van der Waals surface area contributed by atoms with Crippen molar-refractivity contribution in [2.24, 2.45) is 0 Å². The molecule has 0 bridgehead atoms. The molecular weight excluding hydrogens is 246 g/mol. The molecule has 0 saturated carbocycles. The zero-order valence-electron chi connectivity index (χ0n) is 10.7. The van der Waals surface area contributed by atoms with E-state index in [1.165, 1.54) is 11.1 Å². The fourth-order valence-electron chi connectivity index (χ4n) is 2.15. The van der Waals surface area contributed by atoms with Gasteiger partial charge >= 0.3 is 0 Å². The van der Waals surface area contributed by atoms with Gasteiger partial charge < -0.3 is 9.73 Å². The maximum Gasteiger partial charge on any atom is 0.197 e. The number of aryl methyl sites for hydroxylation is 1. The molecule has 2 aromatic rings. The Kier molecular flexibility index (Phi) is 4.45. The van der Waals surface area contributed by atoms with Crippen molar-refractivity contribution in [3.05, 3.63) is 58.5 Å². The van der Waals surface area contributed by atoms with Crippen molar-refractivity contribution in [2.45, 2.75) is 26.3 Å². The lowest BCUT2D eigenvalue weighted by Crippen LogP contribution is -2.23. The van der Waals surface area contributed by atoms with Gasteiger partial charge in [0.2, 0.25) is 0 Å². The molecule has 0 fully saturated rings. The van der Waals surface area contributed by atoms with Gasteiger partial charge in [-0.1, -0.05) is 31.2 Å². The molecule has 0 aliphatic heterocycles.